The zero-order valence-corrected chi connectivity index (χ0v) is 11.7. The minimum Gasteiger partial charge on any atom is -0.480 e. The Balaban J connectivity index is 2.48. The summed E-state index contributed by atoms with van der Waals surface area (Å²) in [5.41, 5.74) is 1.45. The van der Waals surface area contributed by atoms with Crippen LogP contribution < -0.4 is 0 Å². The number of nitrogens with zero attached hydrogens (tertiary/aromatic N) is 1. The molecule has 1 aliphatic heterocycles. The lowest BCUT2D eigenvalue weighted by Gasteiger charge is -2.27. The molecule has 1 aromatic carbocycles. The first-order valence-electron chi connectivity index (χ1n) is 6.59. The predicted molar refractivity (Wildman–Crippen MR) is 72.6 cm³/mol. The lowest BCUT2D eigenvalue weighted by molar-refractivity contribution is -0.143. The summed E-state index contributed by atoms with van der Waals surface area (Å²) in [7, 11) is 0. The van der Waals surface area contributed by atoms with Gasteiger partial charge in [-0.05, 0) is 25.0 Å². The monoisotopic (exact) mass is 275 g/mol. The molecule has 0 fully saturated rings. The number of carbonyl (C=O) groups is 3. The van der Waals surface area contributed by atoms with E-state index in [2.05, 4.69) is 0 Å². The quantitative estimate of drug-likeness (QED) is 0.854. The van der Waals surface area contributed by atoms with Crippen molar-refractivity contribution in [2.75, 3.05) is 0 Å². The molecule has 2 atom stereocenters. The molecule has 0 aromatic heterocycles. The fourth-order valence-electron chi connectivity index (χ4n) is 2.46. The number of carboxylic acid groups (broad SMARTS) is 1. The molecule has 1 heterocycles. The van der Waals surface area contributed by atoms with Crippen LogP contribution in [0.1, 0.15) is 46.5 Å². The molecule has 1 aliphatic rings. The standard InChI is InChI=1S/C15H17NO4/c1-4-9(3)12(15(19)20)16-13(17)10-6-5-8(2)7-11(10)14(16)18/h5-7,9,12H,4H2,1-3H3,(H,19,20). The van der Waals surface area contributed by atoms with Gasteiger partial charge in [-0.15, -0.1) is 0 Å². The van der Waals surface area contributed by atoms with E-state index in [1.54, 1.807) is 25.1 Å². The van der Waals surface area contributed by atoms with Crippen molar-refractivity contribution in [3.05, 3.63) is 34.9 Å². The number of amides is 2. The van der Waals surface area contributed by atoms with Gasteiger partial charge in [0.2, 0.25) is 0 Å². The van der Waals surface area contributed by atoms with Crippen molar-refractivity contribution in [2.24, 2.45) is 5.92 Å². The molecular formula is C15H17NO4. The number of hydrogen-bond acceptors (Lipinski definition) is 3. The summed E-state index contributed by atoms with van der Waals surface area (Å²) in [6.07, 6.45) is 0.573. The zero-order chi connectivity index (χ0) is 15.0. The smallest absolute Gasteiger partial charge is 0.327 e. The number of hydrogen-bond donors (Lipinski definition) is 1. The molecule has 2 rings (SSSR count). The largest absolute Gasteiger partial charge is 0.480 e. The first-order chi connectivity index (χ1) is 9.38. The van der Waals surface area contributed by atoms with E-state index < -0.39 is 23.8 Å². The van der Waals surface area contributed by atoms with E-state index in [4.69, 9.17) is 0 Å². The molecule has 0 aliphatic carbocycles. The lowest BCUT2D eigenvalue weighted by Crippen LogP contribution is -2.48. The topological polar surface area (TPSA) is 74.7 Å². The van der Waals surface area contributed by atoms with E-state index in [-0.39, 0.29) is 11.5 Å². The van der Waals surface area contributed by atoms with Gasteiger partial charge in [-0.1, -0.05) is 31.9 Å². The molecule has 1 N–H and O–H groups in total. The molecule has 5 heteroatoms. The third-order valence-electron chi connectivity index (χ3n) is 3.79. The molecule has 0 bridgehead atoms. The molecule has 5 nitrogen and oxygen atoms in total. The zero-order valence-electron chi connectivity index (χ0n) is 11.7. The number of imide groups is 1. The molecule has 0 saturated heterocycles. The number of carboxylic acids is 1. The van der Waals surface area contributed by atoms with Crippen molar-refractivity contribution < 1.29 is 19.5 Å². The van der Waals surface area contributed by atoms with Crippen LogP contribution in [0.5, 0.6) is 0 Å². The third kappa shape index (κ3) is 2.09. The van der Waals surface area contributed by atoms with Crippen LogP contribution >= 0.6 is 0 Å². The van der Waals surface area contributed by atoms with Crippen molar-refractivity contribution in [1.82, 2.24) is 4.90 Å². The van der Waals surface area contributed by atoms with Crippen molar-refractivity contribution >= 4 is 17.8 Å². The summed E-state index contributed by atoms with van der Waals surface area (Å²) in [6, 6.07) is 3.84. The van der Waals surface area contributed by atoms with E-state index >= 15 is 0 Å². The highest BCUT2D eigenvalue weighted by molar-refractivity contribution is 6.22. The van der Waals surface area contributed by atoms with Gasteiger partial charge in [0.1, 0.15) is 6.04 Å². The Morgan fingerprint density at radius 2 is 1.85 bits per heavy atom. The van der Waals surface area contributed by atoms with E-state index in [0.29, 0.717) is 12.0 Å². The van der Waals surface area contributed by atoms with E-state index in [0.717, 1.165) is 10.5 Å². The SMILES string of the molecule is CCC(C)C(C(=O)O)N1C(=O)c2ccc(C)cc2C1=O. The normalized spacial score (nSPS) is 17.1. The van der Waals surface area contributed by atoms with Crippen LogP contribution in [0.2, 0.25) is 0 Å². The van der Waals surface area contributed by atoms with Crippen molar-refractivity contribution in [3.8, 4) is 0 Å². The fourth-order valence-corrected chi connectivity index (χ4v) is 2.46. The minimum absolute atomic E-state index is 0.287. The van der Waals surface area contributed by atoms with Gasteiger partial charge in [0.15, 0.2) is 0 Å². The molecular weight excluding hydrogens is 258 g/mol. The number of carbonyl (C=O) groups excluding carboxylic acids is 2. The maximum Gasteiger partial charge on any atom is 0.327 e. The Bertz CT molecular complexity index is 594. The van der Waals surface area contributed by atoms with E-state index in [9.17, 15) is 19.5 Å². The van der Waals surface area contributed by atoms with Gasteiger partial charge in [-0.3, -0.25) is 14.5 Å². The van der Waals surface area contributed by atoms with Crippen LogP contribution in [0, 0.1) is 12.8 Å². The van der Waals surface area contributed by atoms with Gasteiger partial charge in [0.05, 0.1) is 11.1 Å². The minimum atomic E-state index is -1.15. The Labute approximate surface area is 117 Å². The molecule has 1 aromatic rings. The Hall–Kier alpha value is -2.17. The molecule has 2 amide bonds. The van der Waals surface area contributed by atoms with Crippen LogP contribution in [-0.4, -0.2) is 33.8 Å². The van der Waals surface area contributed by atoms with Crippen molar-refractivity contribution in [1.29, 1.82) is 0 Å². The summed E-state index contributed by atoms with van der Waals surface area (Å²) in [5.74, 6) is -2.47. The second-order valence-electron chi connectivity index (χ2n) is 5.20. The summed E-state index contributed by atoms with van der Waals surface area (Å²) in [4.78, 5) is 37.0. The van der Waals surface area contributed by atoms with Crippen LogP contribution in [0.4, 0.5) is 0 Å². The Morgan fingerprint density at radius 1 is 1.25 bits per heavy atom. The van der Waals surface area contributed by atoms with Crippen molar-refractivity contribution in [3.63, 3.8) is 0 Å². The van der Waals surface area contributed by atoms with E-state index in [1.807, 2.05) is 13.8 Å². The highest BCUT2D eigenvalue weighted by Gasteiger charge is 2.44. The highest BCUT2D eigenvalue weighted by atomic mass is 16.4. The van der Waals surface area contributed by atoms with Gasteiger partial charge < -0.3 is 5.11 Å². The average molecular weight is 275 g/mol. The number of aryl methyl sites for hydroxylation is 1. The van der Waals surface area contributed by atoms with Crippen LogP contribution in [0.3, 0.4) is 0 Å². The van der Waals surface area contributed by atoms with Gasteiger partial charge in [-0.2, -0.15) is 0 Å². The van der Waals surface area contributed by atoms with Crippen LogP contribution in [-0.2, 0) is 4.79 Å². The van der Waals surface area contributed by atoms with E-state index in [1.165, 1.54) is 0 Å². The molecule has 0 spiro atoms. The second kappa shape index (κ2) is 5.07. The first kappa shape index (κ1) is 14.2. The van der Waals surface area contributed by atoms with Gasteiger partial charge in [0, 0.05) is 0 Å². The maximum atomic E-state index is 12.4. The van der Waals surface area contributed by atoms with Gasteiger partial charge >= 0.3 is 5.97 Å². The number of benzene rings is 1. The van der Waals surface area contributed by atoms with Gasteiger partial charge in [0.25, 0.3) is 11.8 Å². The molecule has 106 valence electrons. The average Bonchev–Trinajstić information content (AvgIpc) is 2.63. The molecule has 0 radical (unpaired) electrons. The third-order valence-corrected chi connectivity index (χ3v) is 3.79. The summed E-state index contributed by atoms with van der Waals surface area (Å²) >= 11 is 0. The Kier molecular flexibility index (Phi) is 3.61. The van der Waals surface area contributed by atoms with Crippen LogP contribution in [0.15, 0.2) is 18.2 Å². The number of aliphatic carboxylic acids is 1. The summed E-state index contributed by atoms with van der Waals surface area (Å²) < 4.78 is 0. The fraction of sp³-hybridized carbons (Fsp3) is 0.400. The lowest BCUT2D eigenvalue weighted by atomic mass is 9.98. The first-order valence-corrected chi connectivity index (χ1v) is 6.59. The molecule has 20 heavy (non-hydrogen) atoms. The summed E-state index contributed by atoms with van der Waals surface area (Å²) in [5, 5.41) is 9.36. The summed E-state index contributed by atoms with van der Waals surface area (Å²) in [6.45, 7) is 5.39. The molecule has 2 unspecified atom stereocenters. The Morgan fingerprint density at radius 3 is 2.40 bits per heavy atom. The van der Waals surface area contributed by atoms with Crippen molar-refractivity contribution in [2.45, 2.75) is 33.2 Å². The predicted octanol–water partition coefficient (Wildman–Crippen LogP) is 2.09. The molecule has 0 saturated carbocycles. The second-order valence-corrected chi connectivity index (χ2v) is 5.20. The number of fused-ring (bicyclic) bond motifs is 1. The number of rotatable bonds is 4. The van der Waals surface area contributed by atoms with Crippen LogP contribution in [0.25, 0.3) is 0 Å². The highest BCUT2D eigenvalue weighted by Crippen LogP contribution is 2.28. The van der Waals surface area contributed by atoms with Gasteiger partial charge in [-0.25, -0.2) is 4.79 Å². The maximum absolute atomic E-state index is 12.4.